The largest absolute Gasteiger partial charge is 0.365 e. The van der Waals surface area contributed by atoms with E-state index in [1.54, 1.807) is 0 Å². The molecule has 4 bridgehead atoms. The van der Waals surface area contributed by atoms with E-state index in [0.717, 1.165) is 53.0 Å². The number of nitrogens with zero attached hydrogens (tertiary/aromatic N) is 5. The second-order valence-electron chi connectivity index (χ2n) is 37.0. The summed E-state index contributed by atoms with van der Waals surface area (Å²) in [7, 11) is 0. The SMILES string of the molecule is CC(C)(C)C1=Cc2c(n(-c3cc4c5c(c3)N(c3c(-c6ccccc6)cccc3-c3ccccc3)c3cc(N6C7CC8CC(C7)CC6C8)ccc3B5c3ccc(-n5c6ccc(C(C)(C)C)cc6c6cc(C(C)(C)C)ccc65)cc3N4c3c(C4=CCCC=C4)cccc3-c3ccccc3)c3ccc(C(C)(C)C)cc23)CC#C1. The van der Waals surface area contributed by atoms with E-state index in [1.807, 2.05) is 0 Å². The third-order valence-electron chi connectivity index (χ3n) is 25.8. The van der Waals surface area contributed by atoms with E-state index in [1.165, 1.54) is 182 Å². The van der Waals surface area contributed by atoms with Crippen LogP contribution in [0.15, 0.2) is 254 Å². The number of rotatable bonds is 9. The fourth-order valence-corrected chi connectivity index (χ4v) is 20.5. The minimum absolute atomic E-state index is 0.0544. The molecule has 4 aliphatic carbocycles. The van der Waals surface area contributed by atoms with Crippen LogP contribution in [0.3, 0.4) is 0 Å². The third kappa shape index (κ3) is 11.1. The van der Waals surface area contributed by atoms with Crippen molar-refractivity contribution in [2.24, 2.45) is 17.3 Å². The van der Waals surface area contributed by atoms with Gasteiger partial charge in [0.25, 0.3) is 6.71 Å². The van der Waals surface area contributed by atoms with Gasteiger partial charge in [-0.25, -0.2) is 0 Å². The Morgan fingerprint density at radius 2 is 0.845 bits per heavy atom. The Labute approximate surface area is 651 Å². The summed E-state index contributed by atoms with van der Waals surface area (Å²) >= 11 is 0. The summed E-state index contributed by atoms with van der Waals surface area (Å²) in [5.74, 6) is 9.26. The van der Waals surface area contributed by atoms with Crippen LogP contribution in [0.2, 0.25) is 0 Å². The molecule has 2 saturated carbocycles. The molecule has 8 aliphatic rings. The van der Waals surface area contributed by atoms with Crippen LogP contribution in [0, 0.1) is 29.1 Å². The van der Waals surface area contributed by atoms with Crippen LogP contribution < -0.4 is 31.1 Å². The summed E-state index contributed by atoms with van der Waals surface area (Å²) in [5, 5.41) is 3.80. The Kier molecular flexibility index (Phi) is 15.7. The van der Waals surface area contributed by atoms with Crippen molar-refractivity contribution in [2.75, 3.05) is 14.7 Å². The molecule has 11 aromatic carbocycles. The van der Waals surface area contributed by atoms with Crippen molar-refractivity contribution in [3.8, 4) is 56.6 Å². The molecule has 0 atom stereocenters. The number of benzene rings is 11. The lowest BCUT2D eigenvalue weighted by Gasteiger charge is -2.57. The summed E-state index contributed by atoms with van der Waals surface area (Å²) < 4.78 is 5.25. The number of hydrogen-bond acceptors (Lipinski definition) is 3. The first kappa shape index (κ1) is 68.3. The molecule has 0 N–H and O–H groups in total. The number of anilines is 7. The fraction of sp³-hybridized carbons (Fsp3) is 0.269. The normalized spacial score (nSPS) is 18.4. The average molecular weight is 1430 g/mol. The summed E-state index contributed by atoms with van der Waals surface area (Å²) in [4.78, 5) is 8.50. The molecule has 542 valence electrons. The van der Waals surface area contributed by atoms with Crippen LogP contribution in [0.25, 0.3) is 89.1 Å². The molecule has 4 fully saturated rings. The highest BCUT2D eigenvalue weighted by molar-refractivity contribution is 7.00. The monoisotopic (exact) mass is 1430 g/mol. The Balaban J connectivity index is 0.970. The van der Waals surface area contributed by atoms with E-state index < -0.39 is 0 Å². The summed E-state index contributed by atoms with van der Waals surface area (Å²) in [6.45, 7) is 27.9. The van der Waals surface area contributed by atoms with Crippen LogP contribution >= 0.6 is 0 Å². The van der Waals surface area contributed by atoms with Gasteiger partial charge in [0.2, 0.25) is 0 Å². The maximum atomic E-state index is 3.85. The van der Waals surface area contributed by atoms with Gasteiger partial charge in [-0.2, -0.15) is 0 Å². The van der Waals surface area contributed by atoms with E-state index in [9.17, 15) is 0 Å². The van der Waals surface area contributed by atoms with Crippen LogP contribution in [-0.2, 0) is 22.7 Å². The second kappa shape index (κ2) is 25.3. The first-order valence-electron chi connectivity index (χ1n) is 40.7. The Morgan fingerprint density at radius 1 is 0.391 bits per heavy atom. The molecule has 110 heavy (non-hydrogen) atoms. The van der Waals surface area contributed by atoms with Crippen LogP contribution in [0.1, 0.15) is 162 Å². The lowest BCUT2D eigenvalue weighted by Crippen LogP contribution is -2.62. The highest BCUT2D eigenvalue weighted by Crippen LogP contribution is 2.57. The lowest BCUT2D eigenvalue weighted by atomic mass is 9.33. The predicted molar refractivity (Wildman–Crippen MR) is 469 cm³/mol. The van der Waals surface area contributed by atoms with Crippen molar-refractivity contribution < 1.29 is 0 Å². The molecule has 5 nitrogen and oxygen atoms in total. The van der Waals surface area contributed by atoms with Gasteiger partial charge in [0.05, 0.1) is 40.0 Å². The zero-order chi connectivity index (χ0) is 75.0. The molecule has 2 saturated heterocycles. The average Bonchev–Trinajstić information content (AvgIpc) is 0.963. The number of hydrogen-bond donors (Lipinski definition) is 0. The van der Waals surface area contributed by atoms with Gasteiger partial charge in [-0.15, -0.1) is 0 Å². The topological polar surface area (TPSA) is 19.6 Å². The van der Waals surface area contributed by atoms with Gasteiger partial charge in [-0.05, 0) is 213 Å². The number of para-hydroxylation sites is 2. The standard InChI is InChI=1S/C104H98BN5/c1-101(2,3)71-36-25-41-90-84(57-71)85-58-74(104(10,11)12)44-51-93(85)108(90)79-63-96-98-97(64-79)110(100-82(69-32-21-15-22-33-69)39-27-40-83(100)70-34-23-16-24-35-70)95-62-76(107-91-49-42-72(102(4,5)6)59-86(91)87-60-73(103(7,8)9)43-50-92(87)107)46-48-89(95)105(98)88-47-45-75(106-77-53-65-52-66(55-77)56-78(106)54-65)61-94(88)109(96)99-80(67-28-17-13-18-29-67)37-26-38-81(99)68-30-19-14-20-31-68/h13-15,17-23,26-35,37-40,42-51,57-66,77-78H,16,24,41,52-56H2,1-12H3. The van der Waals surface area contributed by atoms with Gasteiger partial charge in [0, 0.05) is 101 Å². The lowest BCUT2D eigenvalue weighted by molar-refractivity contribution is 0.0900. The Hall–Kier alpha value is -11.0. The molecule has 0 spiro atoms. The molecular formula is C104H98BN5. The van der Waals surface area contributed by atoms with E-state index in [2.05, 4.69) is 374 Å². The van der Waals surface area contributed by atoms with Gasteiger partial charge in [0.15, 0.2) is 0 Å². The quantitative estimate of drug-likeness (QED) is 0.106. The Morgan fingerprint density at radius 3 is 1.33 bits per heavy atom. The molecule has 0 unspecified atom stereocenters. The van der Waals surface area contributed by atoms with Gasteiger partial charge >= 0.3 is 0 Å². The van der Waals surface area contributed by atoms with Gasteiger partial charge in [-0.3, -0.25) is 0 Å². The first-order chi connectivity index (χ1) is 53.1. The van der Waals surface area contributed by atoms with Gasteiger partial charge in [0.1, 0.15) is 0 Å². The minimum atomic E-state index is -0.216. The fourth-order valence-electron chi connectivity index (χ4n) is 20.5. The molecule has 21 rings (SSSR count). The number of allylic oxidation sites excluding steroid dienone is 5. The molecule has 0 amide bonds. The predicted octanol–water partition coefficient (Wildman–Crippen LogP) is 25.2. The van der Waals surface area contributed by atoms with E-state index in [-0.39, 0.29) is 28.4 Å². The maximum absolute atomic E-state index is 3.85. The molecule has 0 radical (unpaired) electrons. The van der Waals surface area contributed by atoms with E-state index in [0.29, 0.717) is 18.5 Å². The molecule has 2 aromatic heterocycles. The summed E-state index contributed by atoms with van der Waals surface area (Å²) in [6, 6.07) is 91.8. The zero-order valence-corrected chi connectivity index (χ0v) is 66.0. The highest BCUT2D eigenvalue weighted by Gasteiger charge is 2.50. The number of piperidine rings is 2. The van der Waals surface area contributed by atoms with Crippen LogP contribution in [0.4, 0.5) is 39.8 Å². The highest BCUT2D eigenvalue weighted by atomic mass is 15.2. The van der Waals surface area contributed by atoms with Gasteiger partial charge < -0.3 is 23.8 Å². The van der Waals surface area contributed by atoms with Gasteiger partial charge in [-0.1, -0.05) is 271 Å². The van der Waals surface area contributed by atoms with Crippen molar-refractivity contribution >= 4 is 107 Å². The minimum Gasteiger partial charge on any atom is -0.365 e. The molecule has 6 heterocycles. The first-order valence-corrected chi connectivity index (χ1v) is 40.7. The zero-order valence-electron chi connectivity index (χ0n) is 66.0. The van der Waals surface area contributed by atoms with E-state index in [4.69, 9.17) is 0 Å². The van der Waals surface area contributed by atoms with Crippen molar-refractivity contribution in [1.29, 1.82) is 0 Å². The van der Waals surface area contributed by atoms with Crippen LogP contribution in [0.5, 0.6) is 0 Å². The maximum Gasteiger partial charge on any atom is 0.252 e. The van der Waals surface area contributed by atoms with Crippen molar-refractivity contribution in [2.45, 2.75) is 163 Å². The summed E-state index contributed by atoms with van der Waals surface area (Å²) in [5.41, 5.74) is 34.7. The van der Waals surface area contributed by atoms with E-state index >= 15 is 0 Å². The smallest absolute Gasteiger partial charge is 0.252 e. The molecular weight excluding hydrogens is 1330 g/mol. The Bertz CT molecular complexity index is 5980. The number of fused-ring (bicyclic) bond motifs is 10. The molecule has 4 aliphatic heterocycles. The van der Waals surface area contributed by atoms with Crippen molar-refractivity contribution in [3.63, 3.8) is 0 Å². The second-order valence-corrected chi connectivity index (χ2v) is 37.0. The van der Waals surface area contributed by atoms with Crippen LogP contribution in [-0.4, -0.2) is 27.9 Å². The summed E-state index contributed by atoms with van der Waals surface area (Å²) in [6.07, 6.45) is 18.8. The molecule has 13 aromatic rings. The van der Waals surface area contributed by atoms with Crippen molar-refractivity contribution in [1.82, 2.24) is 9.13 Å². The molecule has 6 heteroatoms. The third-order valence-corrected chi connectivity index (χ3v) is 25.8. The van der Waals surface area contributed by atoms with Crippen molar-refractivity contribution in [3.05, 3.63) is 288 Å². The number of aromatic nitrogens is 2.